The number of rotatable bonds is 6. The Morgan fingerprint density at radius 1 is 1.40 bits per heavy atom. The summed E-state index contributed by atoms with van der Waals surface area (Å²) >= 11 is 6.01. The molecule has 20 heavy (non-hydrogen) atoms. The van der Waals surface area contributed by atoms with E-state index in [0.717, 1.165) is 17.7 Å². The molecule has 1 aromatic carbocycles. The van der Waals surface area contributed by atoms with E-state index in [4.69, 9.17) is 20.8 Å². The SMILES string of the molecule is CCNC(Cc1ccc(OC)c(F)c1)c1ccoc1Cl. The van der Waals surface area contributed by atoms with Crippen LogP contribution in [-0.4, -0.2) is 13.7 Å². The summed E-state index contributed by atoms with van der Waals surface area (Å²) in [5.74, 6) is -0.117. The molecule has 0 spiro atoms. The van der Waals surface area contributed by atoms with E-state index in [1.54, 1.807) is 12.3 Å². The number of ether oxygens (including phenoxy) is 1. The van der Waals surface area contributed by atoms with Gasteiger partial charge in [-0.15, -0.1) is 0 Å². The molecule has 1 aromatic heterocycles. The zero-order valence-corrected chi connectivity index (χ0v) is 12.2. The number of benzene rings is 1. The van der Waals surface area contributed by atoms with Crippen molar-refractivity contribution in [2.75, 3.05) is 13.7 Å². The molecule has 2 aromatic rings. The van der Waals surface area contributed by atoms with Crippen LogP contribution in [0.15, 0.2) is 34.9 Å². The normalized spacial score (nSPS) is 12.4. The molecular weight excluding hydrogens is 281 g/mol. The zero-order chi connectivity index (χ0) is 14.5. The van der Waals surface area contributed by atoms with E-state index in [1.807, 2.05) is 19.1 Å². The number of furan rings is 1. The maximum Gasteiger partial charge on any atom is 0.197 e. The number of nitrogens with one attached hydrogen (secondary N) is 1. The Morgan fingerprint density at radius 2 is 2.20 bits per heavy atom. The van der Waals surface area contributed by atoms with Crippen LogP contribution in [0.25, 0.3) is 0 Å². The van der Waals surface area contributed by atoms with Crippen LogP contribution in [0.4, 0.5) is 4.39 Å². The average molecular weight is 298 g/mol. The van der Waals surface area contributed by atoms with Gasteiger partial charge in [-0.25, -0.2) is 4.39 Å². The van der Waals surface area contributed by atoms with Crippen molar-refractivity contribution in [3.63, 3.8) is 0 Å². The summed E-state index contributed by atoms with van der Waals surface area (Å²) in [7, 11) is 1.45. The molecule has 1 unspecified atom stereocenters. The van der Waals surface area contributed by atoms with Gasteiger partial charge in [-0.1, -0.05) is 13.0 Å². The molecule has 0 aliphatic rings. The highest BCUT2D eigenvalue weighted by Crippen LogP contribution is 2.28. The molecule has 3 nitrogen and oxygen atoms in total. The Balaban J connectivity index is 2.20. The van der Waals surface area contributed by atoms with Gasteiger partial charge in [0, 0.05) is 11.6 Å². The minimum Gasteiger partial charge on any atom is -0.494 e. The molecule has 0 aliphatic heterocycles. The van der Waals surface area contributed by atoms with Gasteiger partial charge in [0.2, 0.25) is 0 Å². The topological polar surface area (TPSA) is 34.4 Å². The summed E-state index contributed by atoms with van der Waals surface area (Å²) in [6, 6.07) is 6.77. The lowest BCUT2D eigenvalue weighted by atomic mass is 10.0. The van der Waals surface area contributed by atoms with Crippen LogP contribution in [-0.2, 0) is 6.42 Å². The fourth-order valence-corrected chi connectivity index (χ4v) is 2.41. The zero-order valence-electron chi connectivity index (χ0n) is 11.5. The van der Waals surface area contributed by atoms with Crippen molar-refractivity contribution in [3.05, 3.63) is 52.7 Å². The average Bonchev–Trinajstić information content (AvgIpc) is 2.85. The fraction of sp³-hybridized carbons (Fsp3) is 0.333. The first kappa shape index (κ1) is 14.9. The highest BCUT2D eigenvalue weighted by molar-refractivity contribution is 6.29. The van der Waals surface area contributed by atoms with E-state index in [0.29, 0.717) is 11.6 Å². The number of halogens is 2. The van der Waals surface area contributed by atoms with Crippen molar-refractivity contribution in [1.29, 1.82) is 0 Å². The molecule has 0 aliphatic carbocycles. The summed E-state index contributed by atoms with van der Waals surface area (Å²) in [6.07, 6.45) is 2.17. The molecule has 108 valence electrons. The molecule has 0 bridgehead atoms. The molecule has 0 fully saturated rings. The molecule has 0 saturated heterocycles. The summed E-state index contributed by atoms with van der Waals surface area (Å²) in [5.41, 5.74) is 1.75. The Bertz CT molecular complexity index is 571. The third-order valence-electron chi connectivity index (χ3n) is 3.13. The molecule has 1 N–H and O–H groups in total. The van der Waals surface area contributed by atoms with Crippen molar-refractivity contribution < 1.29 is 13.5 Å². The van der Waals surface area contributed by atoms with Crippen LogP contribution in [0.3, 0.4) is 0 Å². The third kappa shape index (κ3) is 3.32. The van der Waals surface area contributed by atoms with Crippen LogP contribution in [0.2, 0.25) is 5.22 Å². The molecular formula is C15H17ClFNO2. The van der Waals surface area contributed by atoms with Gasteiger partial charge in [0.1, 0.15) is 0 Å². The lowest BCUT2D eigenvalue weighted by Crippen LogP contribution is -2.22. The predicted octanol–water partition coefficient (Wildman–Crippen LogP) is 3.97. The monoisotopic (exact) mass is 297 g/mol. The van der Waals surface area contributed by atoms with Gasteiger partial charge in [-0.3, -0.25) is 0 Å². The number of methoxy groups -OCH3 is 1. The second-order valence-electron chi connectivity index (χ2n) is 4.43. The first-order chi connectivity index (χ1) is 9.65. The van der Waals surface area contributed by atoms with Crippen LogP contribution in [0, 0.1) is 5.82 Å². The second kappa shape index (κ2) is 6.77. The predicted molar refractivity (Wildman–Crippen MR) is 76.8 cm³/mol. The van der Waals surface area contributed by atoms with E-state index in [-0.39, 0.29) is 17.6 Å². The molecule has 2 rings (SSSR count). The van der Waals surface area contributed by atoms with Crippen LogP contribution < -0.4 is 10.1 Å². The maximum absolute atomic E-state index is 13.7. The summed E-state index contributed by atoms with van der Waals surface area (Å²) in [5, 5.41) is 3.69. The number of hydrogen-bond donors (Lipinski definition) is 1. The lowest BCUT2D eigenvalue weighted by Gasteiger charge is -2.17. The van der Waals surface area contributed by atoms with Crippen molar-refractivity contribution in [2.45, 2.75) is 19.4 Å². The minimum atomic E-state index is -0.362. The minimum absolute atomic E-state index is 0.0148. The Morgan fingerprint density at radius 3 is 2.75 bits per heavy atom. The van der Waals surface area contributed by atoms with Gasteiger partial charge in [-0.2, -0.15) is 0 Å². The fourth-order valence-electron chi connectivity index (χ4n) is 2.16. The Kier molecular flexibility index (Phi) is 5.04. The Hall–Kier alpha value is -1.52. The third-order valence-corrected chi connectivity index (χ3v) is 3.44. The van der Waals surface area contributed by atoms with Gasteiger partial charge in [0.05, 0.1) is 13.4 Å². The van der Waals surface area contributed by atoms with Gasteiger partial charge in [-0.05, 0) is 48.3 Å². The molecule has 5 heteroatoms. The van der Waals surface area contributed by atoms with E-state index in [1.165, 1.54) is 13.2 Å². The summed E-state index contributed by atoms with van der Waals surface area (Å²) < 4.78 is 23.8. The van der Waals surface area contributed by atoms with Crippen LogP contribution in [0.1, 0.15) is 24.1 Å². The standard InChI is InChI=1S/C15H17ClFNO2/c1-3-18-13(11-6-7-20-15(11)16)9-10-4-5-14(19-2)12(17)8-10/h4-8,13,18H,3,9H2,1-2H3. The van der Waals surface area contributed by atoms with E-state index < -0.39 is 0 Å². The van der Waals surface area contributed by atoms with Crippen molar-refractivity contribution >= 4 is 11.6 Å². The molecule has 0 saturated carbocycles. The van der Waals surface area contributed by atoms with Crippen LogP contribution >= 0.6 is 11.6 Å². The highest BCUT2D eigenvalue weighted by atomic mass is 35.5. The Labute approximate surface area is 122 Å². The largest absolute Gasteiger partial charge is 0.494 e. The van der Waals surface area contributed by atoms with Crippen molar-refractivity contribution in [3.8, 4) is 5.75 Å². The summed E-state index contributed by atoms with van der Waals surface area (Å²) in [6.45, 7) is 2.79. The lowest BCUT2D eigenvalue weighted by molar-refractivity contribution is 0.386. The second-order valence-corrected chi connectivity index (χ2v) is 4.78. The van der Waals surface area contributed by atoms with Crippen molar-refractivity contribution in [1.82, 2.24) is 5.32 Å². The van der Waals surface area contributed by atoms with Gasteiger partial charge >= 0.3 is 0 Å². The highest BCUT2D eigenvalue weighted by Gasteiger charge is 2.17. The summed E-state index contributed by atoms with van der Waals surface area (Å²) in [4.78, 5) is 0. The van der Waals surface area contributed by atoms with Gasteiger partial charge < -0.3 is 14.5 Å². The van der Waals surface area contributed by atoms with Crippen molar-refractivity contribution in [2.24, 2.45) is 0 Å². The molecule has 0 amide bonds. The molecule has 1 heterocycles. The van der Waals surface area contributed by atoms with E-state index >= 15 is 0 Å². The quantitative estimate of drug-likeness (QED) is 0.876. The van der Waals surface area contributed by atoms with Crippen LogP contribution in [0.5, 0.6) is 5.75 Å². The smallest absolute Gasteiger partial charge is 0.197 e. The van der Waals surface area contributed by atoms with E-state index in [9.17, 15) is 4.39 Å². The van der Waals surface area contributed by atoms with Gasteiger partial charge in [0.15, 0.2) is 16.8 Å². The maximum atomic E-state index is 13.7. The molecule has 1 atom stereocenters. The number of likely N-dealkylation sites (N-methyl/N-ethyl adjacent to an activating group) is 1. The first-order valence-electron chi connectivity index (χ1n) is 6.44. The first-order valence-corrected chi connectivity index (χ1v) is 6.82. The van der Waals surface area contributed by atoms with Gasteiger partial charge in [0.25, 0.3) is 0 Å². The number of hydrogen-bond acceptors (Lipinski definition) is 3. The molecule has 0 radical (unpaired) electrons. The van der Waals surface area contributed by atoms with E-state index in [2.05, 4.69) is 5.32 Å².